The molecular formula is C31H31N5O. The molecule has 1 saturated heterocycles. The number of hydrogen-bond acceptors (Lipinski definition) is 6. The maximum absolute atomic E-state index is 13.6. The van der Waals surface area contributed by atoms with Crippen molar-refractivity contribution >= 4 is 17.4 Å². The Balaban J connectivity index is 1.38. The van der Waals surface area contributed by atoms with Gasteiger partial charge in [0.15, 0.2) is 5.78 Å². The predicted octanol–water partition coefficient (Wildman–Crippen LogP) is 5.44. The molecule has 6 rings (SSSR count). The summed E-state index contributed by atoms with van der Waals surface area (Å²) in [6.45, 7) is 10.8. The van der Waals surface area contributed by atoms with Gasteiger partial charge in [-0.2, -0.15) is 0 Å². The van der Waals surface area contributed by atoms with Crippen LogP contribution in [0.4, 0.5) is 11.6 Å². The number of piperazine rings is 1. The number of carbonyl (C=O) groups is 1. The van der Waals surface area contributed by atoms with E-state index < -0.39 is 0 Å². The monoisotopic (exact) mass is 489 g/mol. The highest BCUT2D eigenvalue weighted by atomic mass is 16.1. The summed E-state index contributed by atoms with van der Waals surface area (Å²) in [5.74, 6) is 0.114. The summed E-state index contributed by atoms with van der Waals surface area (Å²) in [7, 11) is 0. The van der Waals surface area contributed by atoms with E-state index in [0.717, 1.165) is 54.0 Å². The molecule has 1 aromatic heterocycles. The van der Waals surface area contributed by atoms with Crippen LogP contribution in [0.2, 0.25) is 0 Å². The van der Waals surface area contributed by atoms with Crippen molar-refractivity contribution in [1.29, 1.82) is 0 Å². The quantitative estimate of drug-likeness (QED) is 0.362. The van der Waals surface area contributed by atoms with Crippen molar-refractivity contribution in [2.24, 2.45) is 0 Å². The van der Waals surface area contributed by atoms with Crippen LogP contribution in [0.5, 0.6) is 0 Å². The average molecular weight is 490 g/mol. The van der Waals surface area contributed by atoms with E-state index in [9.17, 15) is 4.79 Å². The van der Waals surface area contributed by atoms with Crippen molar-refractivity contribution in [3.05, 3.63) is 83.4 Å². The molecule has 3 aromatic carbocycles. The average Bonchev–Trinajstić information content (AvgIpc) is 3.20. The fourth-order valence-corrected chi connectivity index (χ4v) is 5.51. The SMILES string of the molecule is Cc1ccc(-c2nc(N)nc3c2C(=O)c2cccc(-c4ccc(N5CCN(C(C)C)CC5)cc4)c2-3)cc1. The normalized spacial score (nSPS) is 15.2. The van der Waals surface area contributed by atoms with Gasteiger partial charge in [0.25, 0.3) is 0 Å². The molecule has 0 atom stereocenters. The van der Waals surface area contributed by atoms with Crippen molar-refractivity contribution in [3.63, 3.8) is 0 Å². The molecule has 186 valence electrons. The van der Waals surface area contributed by atoms with Gasteiger partial charge in [0.1, 0.15) is 0 Å². The van der Waals surface area contributed by atoms with Gasteiger partial charge in [-0.3, -0.25) is 9.69 Å². The maximum atomic E-state index is 13.6. The Labute approximate surface area is 217 Å². The second kappa shape index (κ2) is 9.12. The van der Waals surface area contributed by atoms with Gasteiger partial charge in [-0.15, -0.1) is 0 Å². The number of rotatable bonds is 4. The molecule has 2 heterocycles. The number of fused-ring (bicyclic) bond motifs is 3. The van der Waals surface area contributed by atoms with Gasteiger partial charge >= 0.3 is 0 Å². The molecule has 2 N–H and O–H groups in total. The highest BCUT2D eigenvalue weighted by molar-refractivity contribution is 6.25. The summed E-state index contributed by atoms with van der Waals surface area (Å²) in [5, 5.41) is 0. The third kappa shape index (κ3) is 4.07. The number of hydrogen-bond donors (Lipinski definition) is 1. The van der Waals surface area contributed by atoms with Crippen molar-refractivity contribution in [2.75, 3.05) is 36.8 Å². The molecular weight excluding hydrogens is 458 g/mol. The summed E-state index contributed by atoms with van der Waals surface area (Å²) < 4.78 is 0. The number of anilines is 2. The second-order valence-corrected chi connectivity index (χ2v) is 10.2. The number of nitrogen functional groups attached to an aromatic ring is 1. The van der Waals surface area contributed by atoms with Gasteiger partial charge in [0.2, 0.25) is 5.95 Å². The molecule has 1 aliphatic carbocycles. The first kappa shape index (κ1) is 23.4. The van der Waals surface area contributed by atoms with Gasteiger partial charge in [-0.1, -0.05) is 60.2 Å². The lowest BCUT2D eigenvalue weighted by Crippen LogP contribution is -2.48. The van der Waals surface area contributed by atoms with Crippen LogP contribution in [0, 0.1) is 6.92 Å². The Kier molecular flexibility index (Phi) is 5.76. The molecule has 0 unspecified atom stereocenters. The molecule has 4 aromatic rings. The zero-order chi connectivity index (χ0) is 25.7. The predicted molar refractivity (Wildman–Crippen MR) is 150 cm³/mol. The van der Waals surface area contributed by atoms with Crippen molar-refractivity contribution in [2.45, 2.75) is 26.8 Å². The molecule has 37 heavy (non-hydrogen) atoms. The standard InChI is InChI=1S/C31H31N5O/c1-19(2)35-15-17-36(18-16-35)23-13-11-21(12-14-23)24-5-4-6-25-26(24)29-27(30(25)37)28(33-31(32)34-29)22-9-7-20(3)8-10-22/h4-14,19H,15-18H2,1-3H3,(H2,32,33,34). The molecule has 6 heteroatoms. The van der Waals surface area contributed by atoms with E-state index in [1.165, 1.54) is 5.69 Å². The van der Waals surface area contributed by atoms with E-state index in [4.69, 9.17) is 5.73 Å². The molecule has 2 aliphatic rings. The van der Waals surface area contributed by atoms with Gasteiger partial charge in [0, 0.05) is 54.6 Å². The van der Waals surface area contributed by atoms with Gasteiger partial charge in [-0.05, 0) is 44.0 Å². The summed E-state index contributed by atoms with van der Waals surface area (Å²) in [6, 6.07) is 23.1. The highest BCUT2D eigenvalue weighted by Gasteiger charge is 2.34. The van der Waals surface area contributed by atoms with Crippen molar-refractivity contribution in [3.8, 4) is 33.6 Å². The lowest BCUT2D eigenvalue weighted by atomic mass is 9.96. The number of aromatic nitrogens is 2. The van der Waals surface area contributed by atoms with Crippen LogP contribution in [0.3, 0.4) is 0 Å². The van der Waals surface area contributed by atoms with Gasteiger partial charge in [-0.25, -0.2) is 9.97 Å². The molecule has 1 aliphatic heterocycles. The zero-order valence-corrected chi connectivity index (χ0v) is 21.5. The van der Waals surface area contributed by atoms with Crippen LogP contribution in [0.15, 0.2) is 66.7 Å². The van der Waals surface area contributed by atoms with E-state index >= 15 is 0 Å². The first-order valence-electron chi connectivity index (χ1n) is 12.9. The van der Waals surface area contributed by atoms with Crippen LogP contribution in [-0.4, -0.2) is 52.9 Å². The third-order valence-corrected chi connectivity index (χ3v) is 7.61. The fraction of sp³-hybridized carbons (Fsp3) is 0.258. The van der Waals surface area contributed by atoms with Crippen molar-refractivity contribution in [1.82, 2.24) is 14.9 Å². The van der Waals surface area contributed by atoms with Crippen LogP contribution >= 0.6 is 0 Å². The number of benzene rings is 3. The topological polar surface area (TPSA) is 75.3 Å². The summed E-state index contributed by atoms with van der Waals surface area (Å²) in [6.07, 6.45) is 0. The number of nitrogens with two attached hydrogens (primary N) is 1. The van der Waals surface area contributed by atoms with E-state index in [-0.39, 0.29) is 11.7 Å². The minimum Gasteiger partial charge on any atom is -0.369 e. The molecule has 6 nitrogen and oxygen atoms in total. The fourth-order valence-electron chi connectivity index (χ4n) is 5.51. The Bertz CT molecular complexity index is 1480. The third-order valence-electron chi connectivity index (χ3n) is 7.61. The van der Waals surface area contributed by atoms with Crippen LogP contribution in [0.25, 0.3) is 33.6 Å². The smallest absolute Gasteiger partial charge is 0.221 e. The first-order chi connectivity index (χ1) is 17.9. The van der Waals surface area contributed by atoms with E-state index in [2.05, 4.69) is 63.9 Å². The van der Waals surface area contributed by atoms with E-state index in [0.29, 0.717) is 28.6 Å². The molecule has 0 saturated carbocycles. The Morgan fingerprint density at radius 3 is 2.05 bits per heavy atom. The maximum Gasteiger partial charge on any atom is 0.221 e. The summed E-state index contributed by atoms with van der Waals surface area (Å²) >= 11 is 0. The lowest BCUT2D eigenvalue weighted by molar-refractivity contribution is 0.104. The van der Waals surface area contributed by atoms with Gasteiger partial charge < -0.3 is 10.6 Å². The molecule has 0 radical (unpaired) electrons. The second-order valence-electron chi connectivity index (χ2n) is 10.2. The van der Waals surface area contributed by atoms with Crippen LogP contribution < -0.4 is 10.6 Å². The van der Waals surface area contributed by atoms with Crippen molar-refractivity contribution < 1.29 is 4.79 Å². The molecule has 1 fully saturated rings. The minimum atomic E-state index is -0.0536. The Morgan fingerprint density at radius 1 is 0.757 bits per heavy atom. The van der Waals surface area contributed by atoms with Crippen LogP contribution in [0.1, 0.15) is 35.3 Å². The van der Waals surface area contributed by atoms with E-state index in [1.807, 2.05) is 43.3 Å². The summed E-state index contributed by atoms with van der Waals surface area (Å²) in [4.78, 5) is 27.7. The first-order valence-corrected chi connectivity index (χ1v) is 12.9. The molecule has 0 amide bonds. The lowest BCUT2D eigenvalue weighted by Gasteiger charge is -2.38. The summed E-state index contributed by atoms with van der Waals surface area (Å²) in [5.41, 5.74) is 14.7. The minimum absolute atomic E-state index is 0.0536. The Morgan fingerprint density at radius 2 is 1.38 bits per heavy atom. The van der Waals surface area contributed by atoms with Crippen LogP contribution in [-0.2, 0) is 0 Å². The van der Waals surface area contributed by atoms with E-state index in [1.54, 1.807) is 0 Å². The molecule has 0 spiro atoms. The molecule has 0 bridgehead atoms. The number of carbonyl (C=O) groups excluding carboxylic acids is 1. The van der Waals surface area contributed by atoms with Gasteiger partial charge in [0.05, 0.1) is 17.0 Å². The number of nitrogens with zero attached hydrogens (tertiary/aromatic N) is 4. The highest BCUT2D eigenvalue weighted by Crippen LogP contribution is 2.45. The largest absolute Gasteiger partial charge is 0.369 e. The Hall–Kier alpha value is -4.03. The zero-order valence-electron chi connectivity index (χ0n) is 21.5. The number of aryl methyl sites for hydroxylation is 1. The number of ketones is 1.